The average molecular weight is 335 g/mol. The Hall–Kier alpha value is -2.64. The smallest absolute Gasteiger partial charge is 0.238 e. The quantitative estimate of drug-likeness (QED) is 0.800. The Balaban J connectivity index is 2.02. The summed E-state index contributed by atoms with van der Waals surface area (Å²) in [7, 11) is 0. The van der Waals surface area contributed by atoms with E-state index in [9.17, 15) is 4.79 Å². The van der Waals surface area contributed by atoms with Crippen LogP contribution in [0.5, 0.6) is 0 Å². The van der Waals surface area contributed by atoms with Crippen LogP contribution in [0, 0.1) is 17.2 Å². The first-order valence-electron chi connectivity index (χ1n) is 8.66. The molecule has 0 saturated carbocycles. The molecule has 4 heteroatoms. The fraction of sp³-hybridized carbons (Fsp3) is 0.333. The number of para-hydroxylation sites is 1. The second-order valence-corrected chi connectivity index (χ2v) is 6.23. The van der Waals surface area contributed by atoms with E-state index in [2.05, 4.69) is 23.5 Å². The van der Waals surface area contributed by atoms with Gasteiger partial charge in [0, 0.05) is 12.2 Å². The van der Waals surface area contributed by atoms with Gasteiger partial charge in [-0.25, -0.2) is 0 Å². The zero-order valence-electron chi connectivity index (χ0n) is 14.9. The SMILES string of the molecule is CCN(CC(=O)Nc1ccccc1Cc1ccccc1)CC(C)C#N. The fourth-order valence-corrected chi connectivity index (χ4v) is 2.74. The van der Waals surface area contributed by atoms with Crippen molar-refractivity contribution in [1.82, 2.24) is 4.90 Å². The van der Waals surface area contributed by atoms with Crippen molar-refractivity contribution < 1.29 is 4.79 Å². The molecule has 1 atom stereocenters. The number of nitrogens with zero attached hydrogens (tertiary/aromatic N) is 2. The normalized spacial score (nSPS) is 11.8. The van der Waals surface area contributed by atoms with Crippen LogP contribution in [0.15, 0.2) is 54.6 Å². The Kier molecular flexibility index (Phi) is 7.18. The van der Waals surface area contributed by atoms with Gasteiger partial charge in [0.2, 0.25) is 5.91 Å². The topological polar surface area (TPSA) is 56.1 Å². The van der Waals surface area contributed by atoms with E-state index in [1.165, 1.54) is 5.56 Å². The molecule has 0 aliphatic rings. The summed E-state index contributed by atoms with van der Waals surface area (Å²) in [6.07, 6.45) is 0.778. The number of hydrogen-bond donors (Lipinski definition) is 1. The largest absolute Gasteiger partial charge is 0.325 e. The van der Waals surface area contributed by atoms with Gasteiger partial charge in [-0.2, -0.15) is 5.26 Å². The van der Waals surface area contributed by atoms with Gasteiger partial charge >= 0.3 is 0 Å². The molecule has 2 rings (SSSR count). The van der Waals surface area contributed by atoms with E-state index >= 15 is 0 Å². The van der Waals surface area contributed by atoms with Crippen LogP contribution in [0.25, 0.3) is 0 Å². The molecule has 2 aromatic carbocycles. The number of hydrogen-bond acceptors (Lipinski definition) is 3. The van der Waals surface area contributed by atoms with Crippen molar-refractivity contribution in [2.45, 2.75) is 20.3 Å². The molecule has 1 amide bonds. The van der Waals surface area contributed by atoms with Gasteiger partial charge in [0.05, 0.1) is 18.5 Å². The fourth-order valence-electron chi connectivity index (χ4n) is 2.74. The third kappa shape index (κ3) is 6.06. The summed E-state index contributed by atoms with van der Waals surface area (Å²) in [4.78, 5) is 14.4. The monoisotopic (exact) mass is 335 g/mol. The Morgan fingerprint density at radius 3 is 2.52 bits per heavy atom. The van der Waals surface area contributed by atoms with Gasteiger partial charge in [-0.05, 0) is 37.1 Å². The highest BCUT2D eigenvalue weighted by Crippen LogP contribution is 2.19. The number of amides is 1. The molecule has 1 unspecified atom stereocenters. The highest BCUT2D eigenvalue weighted by molar-refractivity contribution is 5.93. The van der Waals surface area contributed by atoms with Crippen LogP contribution in [0.3, 0.4) is 0 Å². The lowest BCUT2D eigenvalue weighted by Crippen LogP contribution is -2.36. The number of carbonyl (C=O) groups is 1. The van der Waals surface area contributed by atoms with Crippen molar-refractivity contribution in [1.29, 1.82) is 5.26 Å². The number of nitrogens with one attached hydrogen (secondary N) is 1. The highest BCUT2D eigenvalue weighted by atomic mass is 16.2. The van der Waals surface area contributed by atoms with Crippen molar-refractivity contribution in [3.63, 3.8) is 0 Å². The van der Waals surface area contributed by atoms with Crippen LogP contribution >= 0.6 is 0 Å². The molecule has 0 heterocycles. The minimum absolute atomic E-state index is 0.0486. The minimum atomic E-state index is -0.0851. The second-order valence-electron chi connectivity index (χ2n) is 6.23. The second kappa shape index (κ2) is 9.61. The third-order valence-corrected chi connectivity index (χ3v) is 4.10. The molecule has 0 spiro atoms. The Bertz CT molecular complexity index is 721. The Morgan fingerprint density at radius 2 is 1.84 bits per heavy atom. The van der Waals surface area contributed by atoms with Gasteiger partial charge in [0.25, 0.3) is 0 Å². The van der Waals surface area contributed by atoms with Crippen LogP contribution in [0.1, 0.15) is 25.0 Å². The number of carbonyl (C=O) groups excluding carboxylic acids is 1. The van der Waals surface area contributed by atoms with E-state index in [-0.39, 0.29) is 11.8 Å². The number of benzene rings is 2. The molecule has 4 nitrogen and oxygen atoms in total. The number of nitriles is 1. The van der Waals surface area contributed by atoms with Crippen LogP contribution in [-0.4, -0.2) is 30.4 Å². The summed E-state index contributed by atoms with van der Waals surface area (Å²) in [5.41, 5.74) is 3.15. The first kappa shape index (κ1) is 18.7. The molecular formula is C21H25N3O. The maximum atomic E-state index is 12.4. The van der Waals surface area contributed by atoms with E-state index < -0.39 is 0 Å². The molecule has 0 bridgehead atoms. The molecule has 0 radical (unpaired) electrons. The average Bonchev–Trinajstić information content (AvgIpc) is 2.63. The van der Waals surface area contributed by atoms with Crippen molar-refractivity contribution in [2.75, 3.05) is 25.0 Å². The van der Waals surface area contributed by atoms with Crippen molar-refractivity contribution >= 4 is 11.6 Å². The summed E-state index contributed by atoms with van der Waals surface area (Å²) in [5, 5.41) is 12.0. The molecule has 0 aliphatic heterocycles. The van der Waals surface area contributed by atoms with Gasteiger partial charge in [-0.3, -0.25) is 9.69 Å². The van der Waals surface area contributed by atoms with Crippen LogP contribution in [0.2, 0.25) is 0 Å². The van der Waals surface area contributed by atoms with E-state index in [1.807, 2.05) is 61.2 Å². The summed E-state index contributed by atoms with van der Waals surface area (Å²) in [6.45, 7) is 5.51. The molecule has 130 valence electrons. The molecule has 0 aromatic heterocycles. The Labute approximate surface area is 150 Å². The predicted molar refractivity (Wildman–Crippen MR) is 101 cm³/mol. The van der Waals surface area contributed by atoms with Crippen molar-refractivity contribution in [3.8, 4) is 6.07 Å². The first-order chi connectivity index (χ1) is 12.1. The maximum absolute atomic E-state index is 12.4. The molecular weight excluding hydrogens is 310 g/mol. The van der Waals surface area contributed by atoms with Gasteiger partial charge in [0.15, 0.2) is 0 Å². The zero-order chi connectivity index (χ0) is 18.1. The zero-order valence-corrected chi connectivity index (χ0v) is 14.9. The lowest BCUT2D eigenvalue weighted by molar-refractivity contribution is -0.117. The Morgan fingerprint density at radius 1 is 1.16 bits per heavy atom. The number of rotatable bonds is 8. The van der Waals surface area contributed by atoms with Gasteiger partial charge < -0.3 is 5.32 Å². The lowest BCUT2D eigenvalue weighted by atomic mass is 10.0. The van der Waals surface area contributed by atoms with Crippen LogP contribution in [-0.2, 0) is 11.2 Å². The van der Waals surface area contributed by atoms with E-state index in [1.54, 1.807) is 0 Å². The van der Waals surface area contributed by atoms with E-state index in [4.69, 9.17) is 5.26 Å². The summed E-state index contributed by atoms with van der Waals surface area (Å²) in [6, 6.07) is 20.3. The highest BCUT2D eigenvalue weighted by Gasteiger charge is 2.13. The predicted octanol–water partition coefficient (Wildman–Crippen LogP) is 3.70. The summed E-state index contributed by atoms with van der Waals surface area (Å²) >= 11 is 0. The van der Waals surface area contributed by atoms with Crippen molar-refractivity contribution in [3.05, 3.63) is 65.7 Å². The van der Waals surface area contributed by atoms with Gasteiger partial charge in [0.1, 0.15) is 0 Å². The van der Waals surface area contributed by atoms with Crippen molar-refractivity contribution in [2.24, 2.45) is 5.92 Å². The molecule has 25 heavy (non-hydrogen) atoms. The van der Waals surface area contributed by atoms with Gasteiger partial charge in [-0.1, -0.05) is 55.5 Å². The van der Waals surface area contributed by atoms with Gasteiger partial charge in [-0.15, -0.1) is 0 Å². The summed E-state index contributed by atoms with van der Waals surface area (Å²) < 4.78 is 0. The van der Waals surface area contributed by atoms with Crippen LogP contribution < -0.4 is 5.32 Å². The third-order valence-electron chi connectivity index (χ3n) is 4.10. The standard InChI is InChI=1S/C21H25N3O/c1-3-24(15-17(2)14-22)16-21(25)23-20-12-8-7-11-19(20)13-18-9-5-4-6-10-18/h4-12,17H,3,13,15-16H2,1-2H3,(H,23,25). The molecule has 1 N–H and O–H groups in total. The van der Waals surface area contributed by atoms with E-state index in [0.29, 0.717) is 13.1 Å². The van der Waals surface area contributed by atoms with E-state index in [0.717, 1.165) is 24.2 Å². The first-order valence-corrected chi connectivity index (χ1v) is 8.66. The molecule has 0 aliphatic carbocycles. The number of anilines is 1. The molecule has 2 aromatic rings. The molecule has 0 saturated heterocycles. The van der Waals surface area contributed by atoms with Crippen LogP contribution in [0.4, 0.5) is 5.69 Å². The molecule has 0 fully saturated rings. The number of likely N-dealkylation sites (N-methyl/N-ethyl adjacent to an activating group) is 1. The lowest BCUT2D eigenvalue weighted by Gasteiger charge is -2.21. The summed E-state index contributed by atoms with van der Waals surface area (Å²) in [5.74, 6) is -0.134. The maximum Gasteiger partial charge on any atom is 0.238 e. The minimum Gasteiger partial charge on any atom is -0.325 e.